The van der Waals surface area contributed by atoms with Gasteiger partial charge in [0.15, 0.2) is 11.3 Å². The second-order valence-corrected chi connectivity index (χ2v) is 5.63. The molecule has 9 heteroatoms. The van der Waals surface area contributed by atoms with Gasteiger partial charge in [-0.1, -0.05) is 0 Å². The zero-order valence-corrected chi connectivity index (χ0v) is 14.4. The molecule has 3 heterocycles. The summed E-state index contributed by atoms with van der Waals surface area (Å²) in [5.41, 5.74) is 4.36. The van der Waals surface area contributed by atoms with E-state index in [1.54, 1.807) is 25.3 Å². The Morgan fingerprint density at radius 3 is 3.16 bits per heavy atom. The van der Waals surface area contributed by atoms with Crippen molar-refractivity contribution in [3.05, 3.63) is 41.0 Å². The number of carbonyl (C=O) groups excluding carboxylic acids is 1. The lowest BCUT2D eigenvalue weighted by Gasteiger charge is -2.12. The molecule has 0 spiro atoms. The number of nitrogens with one attached hydrogen (secondary N) is 3. The predicted molar refractivity (Wildman–Crippen MR) is 93.9 cm³/mol. The van der Waals surface area contributed by atoms with Crippen LogP contribution < -0.4 is 10.6 Å². The Kier molecular flexibility index (Phi) is 5.03. The van der Waals surface area contributed by atoms with Crippen LogP contribution in [-0.4, -0.2) is 34.7 Å². The standard InChI is InChI=1S/C16H17N5O3.ClH/c1-23-8-14-19-12-6-9(2-3-13(12)24-14)18-16(22)15-10-7-17-5-4-11(10)20-21-15;/h2-3,6,17H,4-5,7-8H2,1H3,(H,18,22)(H,20,21);1H. The van der Waals surface area contributed by atoms with Crippen LogP contribution in [0.1, 0.15) is 27.6 Å². The maximum atomic E-state index is 12.5. The highest BCUT2D eigenvalue weighted by molar-refractivity contribution is 6.04. The third kappa shape index (κ3) is 3.37. The van der Waals surface area contributed by atoms with Gasteiger partial charge in [-0.3, -0.25) is 9.89 Å². The third-order valence-corrected chi connectivity index (χ3v) is 3.98. The van der Waals surface area contributed by atoms with Crippen molar-refractivity contribution >= 4 is 35.1 Å². The van der Waals surface area contributed by atoms with Gasteiger partial charge in [-0.05, 0) is 18.2 Å². The van der Waals surface area contributed by atoms with E-state index in [9.17, 15) is 4.79 Å². The van der Waals surface area contributed by atoms with E-state index in [-0.39, 0.29) is 18.3 Å². The minimum atomic E-state index is -0.240. The van der Waals surface area contributed by atoms with Gasteiger partial charge in [0.05, 0.1) is 0 Å². The Hall–Kier alpha value is -2.42. The van der Waals surface area contributed by atoms with E-state index in [0.29, 0.717) is 41.5 Å². The number of nitrogens with zero attached hydrogens (tertiary/aromatic N) is 2. The van der Waals surface area contributed by atoms with Gasteiger partial charge in [0, 0.05) is 43.6 Å². The number of amides is 1. The number of H-pyrrole nitrogens is 1. The summed E-state index contributed by atoms with van der Waals surface area (Å²) in [7, 11) is 1.58. The van der Waals surface area contributed by atoms with Crippen molar-refractivity contribution in [3.63, 3.8) is 0 Å². The van der Waals surface area contributed by atoms with Gasteiger partial charge in [0.25, 0.3) is 5.91 Å². The lowest BCUT2D eigenvalue weighted by molar-refractivity contribution is 0.102. The fourth-order valence-electron chi connectivity index (χ4n) is 2.84. The molecule has 2 aromatic heterocycles. The summed E-state index contributed by atoms with van der Waals surface area (Å²) in [6.07, 6.45) is 0.850. The topological polar surface area (TPSA) is 105 Å². The molecule has 8 nitrogen and oxygen atoms in total. The van der Waals surface area contributed by atoms with E-state index in [1.807, 2.05) is 0 Å². The quantitative estimate of drug-likeness (QED) is 0.655. The molecule has 1 amide bonds. The molecule has 0 radical (unpaired) electrons. The van der Waals surface area contributed by atoms with Crippen LogP contribution >= 0.6 is 12.4 Å². The number of anilines is 1. The summed E-state index contributed by atoms with van der Waals surface area (Å²) < 4.78 is 10.6. The number of oxazole rings is 1. The number of hydrogen-bond acceptors (Lipinski definition) is 6. The summed E-state index contributed by atoms with van der Waals surface area (Å²) in [6.45, 7) is 1.85. The van der Waals surface area contributed by atoms with Gasteiger partial charge in [-0.15, -0.1) is 12.4 Å². The molecule has 3 aromatic rings. The summed E-state index contributed by atoms with van der Waals surface area (Å²) in [5, 5.41) is 13.2. The van der Waals surface area contributed by atoms with E-state index >= 15 is 0 Å². The average Bonchev–Trinajstić information content (AvgIpc) is 3.18. The highest BCUT2D eigenvalue weighted by Gasteiger charge is 2.21. The second-order valence-electron chi connectivity index (χ2n) is 5.63. The Morgan fingerprint density at radius 2 is 2.32 bits per heavy atom. The van der Waals surface area contributed by atoms with Gasteiger partial charge in [-0.25, -0.2) is 4.98 Å². The van der Waals surface area contributed by atoms with Crippen molar-refractivity contribution < 1.29 is 13.9 Å². The maximum Gasteiger partial charge on any atom is 0.276 e. The normalized spacial score (nSPS) is 13.3. The Labute approximate surface area is 149 Å². The van der Waals surface area contributed by atoms with Crippen LogP contribution in [0.4, 0.5) is 5.69 Å². The van der Waals surface area contributed by atoms with Crippen LogP contribution in [-0.2, 0) is 24.3 Å². The molecule has 25 heavy (non-hydrogen) atoms. The molecule has 1 aliphatic heterocycles. The highest BCUT2D eigenvalue weighted by atomic mass is 35.5. The molecule has 132 valence electrons. The molecule has 0 atom stereocenters. The Morgan fingerprint density at radius 1 is 1.44 bits per heavy atom. The molecule has 0 unspecified atom stereocenters. The zero-order valence-electron chi connectivity index (χ0n) is 13.6. The summed E-state index contributed by atoms with van der Waals surface area (Å²) in [6, 6.07) is 5.32. The van der Waals surface area contributed by atoms with Crippen LogP contribution in [0.2, 0.25) is 0 Å². The molecule has 0 aliphatic carbocycles. The van der Waals surface area contributed by atoms with Crippen LogP contribution in [0.3, 0.4) is 0 Å². The van der Waals surface area contributed by atoms with E-state index in [2.05, 4.69) is 25.8 Å². The summed E-state index contributed by atoms with van der Waals surface area (Å²) in [5.74, 6) is 0.264. The van der Waals surface area contributed by atoms with Crippen LogP contribution in [0.5, 0.6) is 0 Å². The number of methoxy groups -OCH3 is 1. The molecule has 0 saturated heterocycles. The molecule has 3 N–H and O–H groups in total. The molecule has 0 fully saturated rings. The van der Waals surface area contributed by atoms with Crippen molar-refractivity contribution in [2.75, 3.05) is 19.0 Å². The number of fused-ring (bicyclic) bond motifs is 2. The lowest BCUT2D eigenvalue weighted by Crippen LogP contribution is -2.25. The van der Waals surface area contributed by atoms with Gasteiger partial charge in [-0.2, -0.15) is 5.10 Å². The first kappa shape index (κ1) is 17.4. The number of hydrogen-bond donors (Lipinski definition) is 3. The van der Waals surface area contributed by atoms with Crippen LogP contribution in [0, 0.1) is 0 Å². The lowest BCUT2D eigenvalue weighted by atomic mass is 10.1. The van der Waals surface area contributed by atoms with Crippen molar-refractivity contribution in [1.82, 2.24) is 20.5 Å². The fraction of sp³-hybridized carbons (Fsp3) is 0.312. The first-order valence-corrected chi connectivity index (χ1v) is 7.71. The largest absolute Gasteiger partial charge is 0.438 e. The molecule has 1 aromatic carbocycles. The number of benzene rings is 1. The monoisotopic (exact) mass is 363 g/mol. The smallest absolute Gasteiger partial charge is 0.276 e. The maximum absolute atomic E-state index is 12.5. The average molecular weight is 364 g/mol. The zero-order chi connectivity index (χ0) is 16.5. The summed E-state index contributed by atoms with van der Waals surface area (Å²) in [4.78, 5) is 16.8. The molecule has 4 rings (SSSR count). The molecule has 0 saturated carbocycles. The SMILES string of the molecule is COCc1nc2cc(NC(=O)c3n[nH]c4c3CNCC4)ccc2o1.Cl. The van der Waals surface area contributed by atoms with Crippen LogP contribution in [0.25, 0.3) is 11.1 Å². The Balaban J connectivity index is 0.00000182. The van der Waals surface area contributed by atoms with Crippen molar-refractivity contribution in [1.29, 1.82) is 0 Å². The molecule has 0 bridgehead atoms. The van der Waals surface area contributed by atoms with Gasteiger partial charge in [0.2, 0.25) is 5.89 Å². The fourth-order valence-corrected chi connectivity index (χ4v) is 2.84. The number of ether oxygens (including phenoxy) is 1. The van der Waals surface area contributed by atoms with Crippen LogP contribution in [0.15, 0.2) is 22.6 Å². The predicted octanol–water partition coefficient (Wildman–Crippen LogP) is 2.02. The first-order valence-electron chi connectivity index (χ1n) is 7.71. The highest BCUT2D eigenvalue weighted by Crippen LogP contribution is 2.22. The number of halogens is 1. The van der Waals surface area contributed by atoms with Gasteiger partial charge < -0.3 is 19.8 Å². The molecule has 1 aliphatic rings. The molecular weight excluding hydrogens is 346 g/mol. The van der Waals surface area contributed by atoms with Gasteiger partial charge >= 0.3 is 0 Å². The minimum absolute atomic E-state index is 0. The summed E-state index contributed by atoms with van der Waals surface area (Å²) >= 11 is 0. The van der Waals surface area contributed by atoms with E-state index in [0.717, 1.165) is 24.2 Å². The van der Waals surface area contributed by atoms with Crippen molar-refractivity contribution in [3.8, 4) is 0 Å². The number of rotatable bonds is 4. The van der Waals surface area contributed by atoms with Crippen molar-refractivity contribution in [2.24, 2.45) is 0 Å². The first-order chi connectivity index (χ1) is 11.7. The minimum Gasteiger partial charge on any atom is -0.438 e. The molecular formula is C16H18ClN5O3. The van der Waals surface area contributed by atoms with E-state index in [4.69, 9.17) is 9.15 Å². The second kappa shape index (κ2) is 7.22. The van der Waals surface area contributed by atoms with Crippen molar-refractivity contribution in [2.45, 2.75) is 19.6 Å². The number of aromatic nitrogens is 3. The Bertz CT molecular complexity index is 904. The number of aromatic amines is 1. The van der Waals surface area contributed by atoms with E-state index < -0.39 is 0 Å². The van der Waals surface area contributed by atoms with Gasteiger partial charge in [0.1, 0.15) is 12.1 Å². The van der Waals surface area contributed by atoms with E-state index in [1.165, 1.54) is 0 Å². The third-order valence-electron chi connectivity index (χ3n) is 3.98. The number of carbonyl (C=O) groups is 1.